The quantitative estimate of drug-likeness (QED) is 0.637. The summed E-state index contributed by atoms with van der Waals surface area (Å²) in [5.74, 6) is 0.857. The lowest BCUT2D eigenvalue weighted by Crippen LogP contribution is -2.40. The van der Waals surface area contributed by atoms with E-state index in [0.29, 0.717) is 0 Å². The highest BCUT2D eigenvalue weighted by Crippen LogP contribution is 2.30. The molecule has 1 saturated carbocycles. The summed E-state index contributed by atoms with van der Waals surface area (Å²) in [6.07, 6.45) is 4.36. The van der Waals surface area contributed by atoms with Crippen molar-refractivity contribution >= 4 is 0 Å². The Morgan fingerprint density at radius 3 is 2.23 bits per heavy atom. The molecular weight excluding hydrogens is 160 g/mol. The van der Waals surface area contributed by atoms with Crippen molar-refractivity contribution in [2.45, 2.75) is 38.3 Å². The van der Waals surface area contributed by atoms with Gasteiger partial charge in [-0.25, -0.2) is 0 Å². The van der Waals surface area contributed by atoms with Gasteiger partial charge in [0.2, 0.25) is 0 Å². The third-order valence-corrected chi connectivity index (χ3v) is 3.86. The highest BCUT2D eigenvalue weighted by molar-refractivity contribution is 4.92. The first-order valence-corrected chi connectivity index (χ1v) is 5.59. The van der Waals surface area contributed by atoms with Crippen LogP contribution in [0.15, 0.2) is 0 Å². The van der Waals surface area contributed by atoms with Crippen molar-refractivity contribution in [1.82, 2.24) is 9.80 Å². The molecule has 2 heteroatoms. The van der Waals surface area contributed by atoms with Gasteiger partial charge in [-0.15, -0.1) is 0 Å². The van der Waals surface area contributed by atoms with Gasteiger partial charge < -0.3 is 4.90 Å². The molecule has 0 bridgehead atoms. The molecule has 76 valence electrons. The van der Waals surface area contributed by atoms with E-state index in [1.807, 2.05) is 0 Å². The van der Waals surface area contributed by atoms with Crippen LogP contribution in [0.5, 0.6) is 0 Å². The van der Waals surface area contributed by atoms with Crippen molar-refractivity contribution < 1.29 is 0 Å². The minimum Gasteiger partial charge on any atom is -0.305 e. The van der Waals surface area contributed by atoms with Gasteiger partial charge in [-0.1, -0.05) is 13.3 Å². The van der Waals surface area contributed by atoms with Crippen LogP contribution in [0.1, 0.15) is 26.2 Å². The van der Waals surface area contributed by atoms with Crippen molar-refractivity contribution in [3.8, 4) is 0 Å². The van der Waals surface area contributed by atoms with Gasteiger partial charge in [0.15, 0.2) is 0 Å². The van der Waals surface area contributed by atoms with E-state index in [1.54, 1.807) is 0 Å². The first kappa shape index (κ1) is 9.47. The van der Waals surface area contributed by atoms with E-state index in [1.165, 1.54) is 32.4 Å². The minimum absolute atomic E-state index is 0.792. The zero-order chi connectivity index (χ0) is 9.42. The molecule has 0 amide bonds. The average molecular weight is 182 g/mol. The molecule has 1 aliphatic heterocycles. The SMILES string of the molecule is CC1CN(C2CCC2)CC1N(C)C. The zero-order valence-electron chi connectivity index (χ0n) is 9.16. The highest BCUT2D eigenvalue weighted by atomic mass is 15.3. The van der Waals surface area contributed by atoms with Crippen LogP contribution < -0.4 is 0 Å². The van der Waals surface area contributed by atoms with Crippen LogP contribution in [0, 0.1) is 5.92 Å². The number of likely N-dealkylation sites (N-methyl/N-ethyl adjacent to an activating group) is 1. The Labute approximate surface area is 81.9 Å². The van der Waals surface area contributed by atoms with Gasteiger partial charge in [0.1, 0.15) is 0 Å². The number of nitrogens with zero attached hydrogens (tertiary/aromatic N) is 2. The van der Waals surface area contributed by atoms with E-state index >= 15 is 0 Å². The van der Waals surface area contributed by atoms with Gasteiger partial charge in [0, 0.05) is 25.2 Å². The lowest BCUT2D eigenvalue weighted by atomic mass is 9.92. The Morgan fingerprint density at radius 2 is 1.85 bits per heavy atom. The minimum atomic E-state index is 0.792. The molecule has 2 unspecified atom stereocenters. The second-order valence-corrected chi connectivity index (χ2v) is 5.05. The predicted molar refractivity (Wildman–Crippen MR) is 55.9 cm³/mol. The molecule has 1 heterocycles. The summed E-state index contributed by atoms with van der Waals surface area (Å²) < 4.78 is 0. The largest absolute Gasteiger partial charge is 0.305 e. The third-order valence-electron chi connectivity index (χ3n) is 3.86. The average Bonchev–Trinajstić information content (AvgIpc) is 2.27. The van der Waals surface area contributed by atoms with Gasteiger partial charge >= 0.3 is 0 Å². The van der Waals surface area contributed by atoms with Crippen LogP contribution in [0.2, 0.25) is 0 Å². The summed E-state index contributed by atoms with van der Waals surface area (Å²) >= 11 is 0. The van der Waals surface area contributed by atoms with E-state index in [2.05, 4.69) is 30.8 Å². The monoisotopic (exact) mass is 182 g/mol. The maximum absolute atomic E-state index is 2.71. The number of rotatable bonds is 2. The first-order chi connectivity index (χ1) is 6.18. The highest BCUT2D eigenvalue weighted by Gasteiger charge is 2.36. The second kappa shape index (κ2) is 3.58. The summed E-state index contributed by atoms with van der Waals surface area (Å²) in [4.78, 5) is 5.10. The van der Waals surface area contributed by atoms with Crippen LogP contribution in [-0.4, -0.2) is 49.1 Å². The molecule has 0 radical (unpaired) electrons. The fourth-order valence-electron chi connectivity index (χ4n) is 2.71. The second-order valence-electron chi connectivity index (χ2n) is 5.05. The van der Waals surface area contributed by atoms with Crippen LogP contribution in [-0.2, 0) is 0 Å². The molecule has 1 aliphatic carbocycles. The molecule has 13 heavy (non-hydrogen) atoms. The molecule has 2 aliphatic rings. The Morgan fingerprint density at radius 1 is 1.15 bits per heavy atom. The number of hydrogen-bond donors (Lipinski definition) is 0. The molecule has 2 fully saturated rings. The molecule has 2 atom stereocenters. The Hall–Kier alpha value is -0.0800. The topological polar surface area (TPSA) is 6.48 Å². The van der Waals surface area contributed by atoms with Gasteiger partial charge in [-0.2, -0.15) is 0 Å². The van der Waals surface area contributed by atoms with Gasteiger partial charge in [-0.05, 0) is 32.9 Å². The number of hydrogen-bond acceptors (Lipinski definition) is 2. The van der Waals surface area contributed by atoms with Crippen molar-refractivity contribution in [1.29, 1.82) is 0 Å². The van der Waals surface area contributed by atoms with Crippen molar-refractivity contribution in [3.05, 3.63) is 0 Å². The molecular formula is C11H22N2. The molecule has 1 saturated heterocycles. The van der Waals surface area contributed by atoms with Crippen LogP contribution in [0.3, 0.4) is 0 Å². The third kappa shape index (κ3) is 1.75. The number of likely N-dealkylation sites (tertiary alicyclic amines) is 1. The molecule has 0 spiro atoms. The molecule has 0 aromatic heterocycles. The summed E-state index contributed by atoms with van der Waals surface area (Å²) in [5.41, 5.74) is 0. The fraction of sp³-hybridized carbons (Fsp3) is 1.00. The van der Waals surface area contributed by atoms with E-state index < -0.39 is 0 Å². The molecule has 2 nitrogen and oxygen atoms in total. The first-order valence-electron chi connectivity index (χ1n) is 5.59. The maximum Gasteiger partial charge on any atom is 0.0254 e. The zero-order valence-corrected chi connectivity index (χ0v) is 9.16. The van der Waals surface area contributed by atoms with Gasteiger partial charge in [-0.3, -0.25) is 4.90 Å². The normalized spacial score (nSPS) is 36.9. The maximum atomic E-state index is 2.71. The Kier molecular flexibility index (Phi) is 2.61. The fourth-order valence-corrected chi connectivity index (χ4v) is 2.71. The smallest absolute Gasteiger partial charge is 0.0254 e. The van der Waals surface area contributed by atoms with Crippen molar-refractivity contribution in [2.75, 3.05) is 27.2 Å². The van der Waals surface area contributed by atoms with Crippen molar-refractivity contribution in [3.63, 3.8) is 0 Å². The Balaban J connectivity index is 1.90. The summed E-state index contributed by atoms with van der Waals surface area (Å²) in [6.45, 7) is 5.02. The van der Waals surface area contributed by atoms with Crippen LogP contribution in [0.4, 0.5) is 0 Å². The van der Waals surface area contributed by atoms with E-state index in [0.717, 1.165) is 18.0 Å². The lowest BCUT2D eigenvalue weighted by molar-refractivity contribution is 0.146. The predicted octanol–water partition coefficient (Wildman–Crippen LogP) is 1.42. The van der Waals surface area contributed by atoms with Gasteiger partial charge in [0.05, 0.1) is 0 Å². The molecule has 0 N–H and O–H groups in total. The lowest BCUT2D eigenvalue weighted by Gasteiger charge is -2.35. The summed E-state index contributed by atoms with van der Waals surface area (Å²) in [5, 5.41) is 0. The Bertz CT molecular complexity index is 175. The molecule has 0 aromatic carbocycles. The summed E-state index contributed by atoms with van der Waals surface area (Å²) in [6, 6.07) is 1.73. The van der Waals surface area contributed by atoms with Crippen LogP contribution in [0.25, 0.3) is 0 Å². The van der Waals surface area contributed by atoms with Crippen molar-refractivity contribution in [2.24, 2.45) is 5.92 Å². The summed E-state index contributed by atoms with van der Waals surface area (Å²) in [7, 11) is 4.43. The van der Waals surface area contributed by atoms with E-state index in [9.17, 15) is 0 Å². The molecule has 0 aromatic rings. The van der Waals surface area contributed by atoms with Crippen LogP contribution >= 0.6 is 0 Å². The van der Waals surface area contributed by atoms with E-state index in [4.69, 9.17) is 0 Å². The standard InChI is InChI=1S/C11H22N2/c1-9-7-13(10-5-4-6-10)8-11(9)12(2)3/h9-11H,4-8H2,1-3H3. The van der Waals surface area contributed by atoms with E-state index in [-0.39, 0.29) is 0 Å². The van der Waals surface area contributed by atoms with Gasteiger partial charge in [0.25, 0.3) is 0 Å². The molecule has 2 rings (SSSR count).